The Morgan fingerprint density at radius 3 is 2.52 bits per heavy atom. The van der Waals surface area contributed by atoms with Crippen LogP contribution in [0.5, 0.6) is 0 Å². The first-order valence-corrected chi connectivity index (χ1v) is 7.44. The fourth-order valence-electron chi connectivity index (χ4n) is 2.25. The number of likely N-dealkylation sites (N-methyl/N-ethyl adjacent to an activating group) is 1. The van der Waals surface area contributed by atoms with Crippen LogP contribution in [-0.4, -0.2) is 49.1 Å². The van der Waals surface area contributed by atoms with E-state index in [4.69, 9.17) is 4.74 Å². The molecule has 1 atom stereocenters. The highest BCUT2D eigenvalue weighted by Crippen LogP contribution is 2.19. The summed E-state index contributed by atoms with van der Waals surface area (Å²) in [6.07, 6.45) is 0. The van der Waals surface area contributed by atoms with Gasteiger partial charge < -0.3 is 15.0 Å². The van der Waals surface area contributed by atoms with Gasteiger partial charge in [-0.25, -0.2) is 4.98 Å². The maximum absolute atomic E-state index is 12.7. The van der Waals surface area contributed by atoms with Crippen molar-refractivity contribution >= 4 is 11.7 Å². The minimum Gasteiger partial charge on any atom is -0.383 e. The second-order valence-electron chi connectivity index (χ2n) is 5.47. The molecule has 0 aliphatic rings. The lowest BCUT2D eigenvalue weighted by molar-refractivity contribution is 0.0579. The quantitative estimate of drug-likeness (QED) is 0.840. The van der Waals surface area contributed by atoms with Gasteiger partial charge in [0.25, 0.3) is 5.91 Å². The number of carbonyl (C=O) groups is 1. The lowest BCUT2D eigenvalue weighted by Crippen LogP contribution is -2.41. The molecule has 0 bridgehead atoms. The third-order valence-electron chi connectivity index (χ3n) is 3.48. The molecule has 0 aromatic carbocycles. The molecule has 5 nitrogen and oxygen atoms in total. The van der Waals surface area contributed by atoms with Crippen molar-refractivity contribution in [3.05, 3.63) is 23.4 Å². The van der Waals surface area contributed by atoms with Crippen LogP contribution in [0, 0.1) is 0 Å². The fraction of sp³-hybridized carbons (Fsp3) is 0.625. The lowest BCUT2D eigenvalue weighted by atomic mass is 10.1. The third-order valence-corrected chi connectivity index (χ3v) is 3.48. The molecular formula is C16H27N3O2. The fourth-order valence-corrected chi connectivity index (χ4v) is 2.25. The maximum Gasteiger partial charge on any atom is 0.254 e. The number of nitrogens with zero attached hydrogens (tertiary/aromatic N) is 2. The van der Waals surface area contributed by atoms with Crippen LogP contribution in [0.2, 0.25) is 0 Å². The molecule has 1 amide bonds. The average molecular weight is 293 g/mol. The highest BCUT2D eigenvalue weighted by atomic mass is 16.5. The Hall–Kier alpha value is -1.62. The Bertz CT molecular complexity index is 475. The van der Waals surface area contributed by atoms with Crippen molar-refractivity contribution in [3.63, 3.8) is 0 Å². The van der Waals surface area contributed by atoms with Crippen molar-refractivity contribution in [3.8, 4) is 0 Å². The van der Waals surface area contributed by atoms with Crippen molar-refractivity contribution in [2.24, 2.45) is 0 Å². The van der Waals surface area contributed by atoms with Crippen LogP contribution in [0.1, 0.15) is 49.7 Å². The molecule has 0 fully saturated rings. The highest BCUT2D eigenvalue weighted by molar-refractivity contribution is 5.95. The van der Waals surface area contributed by atoms with Crippen LogP contribution < -0.4 is 5.32 Å². The summed E-state index contributed by atoms with van der Waals surface area (Å²) in [5.41, 5.74) is 1.59. The van der Waals surface area contributed by atoms with Crippen molar-refractivity contribution in [2.75, 3.05) is 32.6 Å². The first kappa shape index (κ1) is 17.4. The number of nitrogens with one attached hydrogen (secondary N) is 1. The van der Waals surface area contributed by atoms with Gasteiger partial charge in [-0.2, -0.15) is 0 Å². The van der Waals surface area contributed by atoms with Gasteiger partial charge in [0.15, 0.2) is 0 Å². The third kappa shape index (κ3) is 4.43. The Morgan fingerprint density at radius 2 is 2.05 bits per heavy atom. The highest BCUT2D eigenvalue weighted by Gasteiger charge is 2.21. The average Bonchev–Trinajstić information content (AvgIpc) is 2.47. The largest absolute Gasteiger partial charge is 0.383 e. The monoisotopic (exact) mass is 293 g/mol. The molecule has 1 rings (SSSR count). The summed E-state index contributed by atoms with van der Waals surface area (Å²) in [5.74, 6) is 1.01. The first-order valence-electron chi connectivity index (χ1n) is 7.44. The van der Waals surface area contributed by atoms with E-state index in [9.17, 15) is 4.79 Å². The molecule has 0 spiro atoms. The minimum absolute atomic E-state index is 0.0165. The summed E-state index contributed by atoms with van der Waals surface area (Å²) in [5, 5.41) is 3.02. The summed E-state index contributed by atoms with van der Waals surface area (Å²) in [4.78, 5) is 19.1. The molecule has 1 unspecified atom stereocenters. The Balaban J connectivity index is 3.12. The molecule has 0 saturated carbocycles. The molecule has 1 aromatic heterocycles. The van der Waals surface area contributed by atoms with Gasteiger partial charge >= 0.3 is 0 Å². The van der Waals surface area contributed by atoms with Crippen LogP contribution in [0.3, 0.4) is 0 Å². The van der Waals surface area contributed by atoms with E-state index < -0.39 is 0 Å². The predicted octanol–water partition coefficient (Wildman–Crippen LogP) is 2.74. The van der Waals surface area contributed by atoms with Crippen LogP contribution in [0.4, 0.5) is 5.82 Å². The van der Waals surface area contributed by atoms with Crippen molar-refractivity contribution < 1.29 is 9.53 Å². The second kappa shape index (κ2) is 7.98. The maximum atomic E-state index is 12.7. The van der Waals surface area contributed by atoms with E-state index in [1.165, 1.54) is 0 Å². The number of methoxy groups -OCH3 is 1. The molecule has 0 saturated heterocycles. The Kier molecular flexibility index (Phi) is 6.62. The molecule has 21 heavy (non-hydrogen) atoms. The van der Waals surface area contributed by atoms with E-state index >= 15 is 0 Å². The van der Waals surface area contributed by atoms with E-state index in [1.807, 2.05) is 31.9 Å². The van der Waals surface area contributed by atoms with Gasteiger partial charge in [-0.1, -0.05) is 13.8 Å². The van der Waals surface area contributed by atoms with E-state index in [0.29, 0.717) is 18.7 Å². The molecule has 0 aliphatic heterocycles. The number of carbonyl (C=O) groups excluding carboxylic acids is 1. The summed E-state index contributed by atoms with van der Waals surface area (Å²) in [6, 6.07) is 3.73. The molecule has 5 heteroatoms. The number of rotatable bonds is 7. The zero-order valence-corrected chi connectivity index (χ0v) is 13.9. The van der Waals surface area contributed by atoms with Gasteiger partial charge in [0.05, 0.1) is 12.6 Å². The van der Waals surface area contributed by atoms with Gasteiger partial charge in [0.2, 0.25) is 0 Å². The number of hydrogen-bond acceptors (Lipinski definition) is 4. The number of pyridine rings is 1. The first-order chi connectivity index (χ1) is 9.94. The van der Waals surface area contributed by atoms with Gasteiger partial charge in [0, 0.05) is 32.0 Å². The van der Waals surface area contributed by atoms with Gasteiger partial charge in [0.1, 0.15) is 5.82 Å². The molecular weight excluding hydrogens is 266 g/mol. The number of aromatic nitrogens is 1. The Morgan fingerprint density at radius 1 is 1.38 bits per heavy atom. The van der Waals surface area contributed by atoms with Crippen LogP contribution in [0.15, 0.2) is 12.1 Å². The summed E-state index contributed by atoms with van der Waals surface area (Å²) in [7, 11) is 3.46. The van der Waals surface area contributed by atoms with Crippen molar-refractivity contribution in [1.29, 1.82) is 0 Å². The summed E-state index contributed by atoms with van der Waals surface area (Å²) >= 11 is 0. The molecule has 0 radical (unpaired) electrons. The van der Waals surface area contributed by atoms with E-state index in [0.717, 1.165) is 11.5 Å². The minimum atomic E-state index is 0.0165. The standard InChI is InChI=1S/C16H27N3O2/c1-7-19(12(4)10-21-6)16(20)13-8-14(11(2)3)18-15(9-13)17-5/h8-9,11-12H,7,10H2,1-6H3,(H,17,18). The number of ether oxygens (including phenoxy) is 1. The molecule has 1 aromatic rings. The predicted molar refractivity (Wildman–Crippen MR) is 85.9 cm³/mol. The normalized spacial score (nSPS) is 12.3. The van der Waals surface area contributed by atoms with Gasteiger partial charge in [-0.15, -0.1) is 0 Å². The van der Waals surface area contributed by atoms with E-state index in [-0.39, 0.29) is 17.9 Å². The summed E-state index contributed by atoms with van der Waals surface area (Å²) in [6.45, 7) is 9.29. The molecule has 1 heterocycles. The zero-order valence-electron chi connectivity index (χ0n) is 13.9. The summed E-state index contributed by atoms with van der Waals surface area (Å²) < 4.78 is 5.16. The number of amides is 1. The van der Waals surface area contributed by atoms with Crippen LogP contribution in [-0.2, 0) is 4.74 Å². The van der Waals surface area contributed by atoms with Crippen LogP contribution >= 0.6 is 0 Å². The second-order valence-corrected chi connectivity index (χ2v) is 5.47. The van der Waals surface area contributed by atoms with E-state index in [1.54, 1.807) is 13.2 Å². The smallest absolute Gasteiger partial charge is 0.254 e. The van der Waals surface area contributed by atoms with Crippen LogP contribution in [0.25, 0.3) is 0 Å². The number of hydrogen-bond donors (Lipinski definition) is 1. The zero-order chi connectivity index (χ0) is 16.0. The molecule has 0 aliphatic carbocycles. The van der Waals surface area contributed by atoms with Gasteiger partial charge in [-0.05, 0) is 31.9 Å². The van der Waals surface area contributed by atoms with Gasteiger partial charge in [-0.3, -0.25) is 4.79 Å². The number of anilines is 1. The topological polar surface area (TPSA) is 54.5 Å². The molecule has 118 valence electrons. The van der Waals surface area contributed by atoms with E-state index in [2.05, 4.69) is 24.1 Å². The lowest BCUT2D eigenvalue weighted by Gasteiger charge is -2.28. The Labute approximate surface area is 127 Å². The molecule has 1 N–H and O–H groups in total. The van der Waals surface area contributed by atoms with Crippen molar-refractivity contribution in [2.45, 2.75) is 39.7 Å². The SMILES string of the molecule is CCN(C(=O)c1cc(NC)nc(C(C)C)c1)C(C)COC. The van der Waals surface area contributed by atoms with Crippen molar-refractivity contribution in [1.82, 2.24) is 9.88 Å².